The second-order valence-electron chi connectivity index (χ2n) is 2.26. The van der Waals surface area contributed by atoms with Crippen LogP contribution in [0.15, 0.2) is 16.8 Å². The van der Waals surface area contributed by atoms with Gasteiger partial charge in [-0.2, -0.15) is 11.3 Å². The first-order chi connectivity index (χ1) is 5.83. The van der Waals surface area contributed by atoms with Crippen molar-refractivity contribution in [1.82, 2.24) is 0 Å². The van der Waals surface area contributed by atoms with Crippen LogP contribution in [-0.4, -0.2) is 19.6 Å². The van der Waals surface area contributed by atoms with E-state index in [1.165, 1.54) is 7.11 Å². The molecule has 3 nitrogen and oxygen atoms in total. The minimum absolute atomic E-state index is 0.183. The van der Waals surface area contributed by atoms with Crippen LogP contribution in [0.4, 0.5) is 5.69 Å². The fourth-order valence-corrected chi connectivity index (χ4v) is 1.39. The van der Waals surface area contributed by atoms with Gasteiger partial charge in [0.15, 0.2) is 0 Å². The number of carbonyl (C=O) groups excluding carboxylic acids is 1. The molecule has 0 amide bonds. The van der Waals surface area contributed by atoms with Crippen LogP contribution in [0.3, 0.4) is 0 Å². The van der Waals surface area contributed by atoms with Crippen molar-refractivity contribution in [1.29, 1.82) is 0 Å². The number of carbonyl (C=O) groups is 1. The Balaban J connectivity index is 2.15. The summed E-state index contributed by atoms with van der Waals surface area (Å²) < 4.78 is 4.49. The lowest BCUT2D eigenvalue weighted by Gasteiger charge is -2.01. The highest BCUT2D eigenvalue weighted by molar-refractivity contribution is 7.08. The van der Waals surface area contributed by atoms with E-state index >= 15 is 0 Å². The van der Waals surface area contributed by atoms with E-state index in [1.54, 1.807) is 11.3 Å². The number of ether oxygens (including phenoxy) is 1. The van der Waals surface area contributed by atoms with E-state index in [4.69, 9.17) is 0 Å². The zero-order chi connectivity index (χ0) is 8.81. The predicted octanol–water partition coefficient (Wildman–Crippen LogP) is 1.72. The van der Waals surface area contributed by atoms with E-state index in [0.29, 0.717) is 13.0 Å². The number of rotatable bonds is 4. The van der Waals surface area contributed by atoms with Crippen LogP contribution in [0.5, 0.6) is 0 Å². The lowest BCUT2D eigenvalue weighted by molar-refractivity contribution is -0.140. The Morgan fingerprint density at radius 1 is 1.75 bits per heavy atom. The summed E-state index contributed by atoms with van der Waals surface area (Å²) in [5.41, 5.74) is 1.06. The molecule has 0 saturated carbocycles. The van der Waals surface area contributed by atoms with Crippen molar-refractivity contribution in [3.63, 3.8) is 0 Å². The average Bonchev–Trinajstić information content (AvgIpc) is 2.57. The molecule has 0 aromatic carbocycles. The largest absolute Gasteiger partial charge is 0.469 e. The van der Waals surface area contributed by atoms with Gasteiger partial charge in [0.2, 0.25) is 0 Å². The number of hydrogen-bond acceptors (Lipinski definition) is 4. The van der Waals surface area contributed by atoms with Crippen LogP contribution in [0.25, 0.3) is 0 Å². The van der Waals surface area contributed by atoms with Crippen molar-refractivity contribution in [2.24, 2.45) is 0 Å². The summed E-state index contributed by atoms with van der Waals surface area (Å²) in [6.45, 7) is 0.628. The smallest absolute Gasteiger partial charge is 0.307 e. The molecule has 1 aromatic heterocycles. The van der Waals surface area contributed by atoms with Crippen LogP contribution in [0.2, 0.25) is 0 Å². The number of thiophene rings is 1. The average molecular weight is 185 g/mol. The van der Waals surface area contributed by atoms with E-state index in [1.807, 2.05) is 16.8 Å². The third-order valence-corrected chi connectivity index (χ3v) is 2.09. The molecule has 1 aromatic rings. The van der Waals surface area contributed by atoms with Crippen molar-refractivity contribution in [2.45, 2.75) is 6.42 Å². The van der Waals surface area contributed by atoms with Crippen LogP contribution < -0.4 is 5.32 Å². The minimum Gasteiger partial charge on any atom is -0.469 e. The normalized spacial score (nSPS) is 9.42. The quantitative estimate of drug-likeness (QED) is 0.726. The second-order valence-corrected chi connectivity index (χ2v) is 3.04. The maximum atomic E-state index is 10.7. The molecule has 0 aliphatic rings. The molecule has 0 bridgehead atoms. The lowest BCUT2D eigenvalue weighted by atomic mass is 10.4. The van der Waals surface area contributed by atoms with E-state index in [2.05, 4.69) is 10.1 Å². The zero-order valence-corrected chi connectivity index (χ0v) is 7.69. The molecule has 4 heteroatoms. The molecular weight excluding hydrogens is 174 g/mol. The highest BCUT2D eigenvalue weighted by Crippen LogP contribution is 2.11. The summed E-state index contributed by atoms with van der Waals surface area (Å²) >= 11 is 1.63. The maximum Gasteiger partial charge on any atom is 0.307 e. The molecule has 66 valence electrons. The Morgan fingerprint density at radius 3 is 3.17 bits per heavy atom. The SMILES string of the molecule is COC(=O)CCNc1ccsc1. The number of anilines is 1. The van der Waals surface area contributed by atoms with Gasteiger partial charge in [-0.1, -0.05) is 0 Å². The number of methoxy groups -OCH3 is 1. The first kappa shape index (κ1) is 9.06. The Hall–Kier alpha value is -1.03. The Bertz CT molecular complexity index is 233. The molecular formula is C8H11NO2S. The zero-order valence-electron chi connectivity index (χ0n) is 6.87. The van der Waals surface area contributed by atoms with Crippen LogP contribution in [0, 0.1) is 0 Å². The van der Waals surface area contributed by atoms with Crippen molar-refractivity contribution in [3.05, 3.63) is 16.8 Å². The molecule has 0 spiro atoms. The van der Waals surface area contributed by atoms with Crippen molar-refractivity contribution in [2.75, 3.05) is 19.0 Å². The van der Waals surface area contributed by atoms with Gasteiger partial charge in [0, 0.05) is 17.6 Å². The molecule has 1 rings (SSSR count). The molecule has 1 N–H and O–H groups in total. The van der Waals surface area contributed by atoms with E-state index in [-0.39, 0.29) is 5.97 Å². The van der Waals surface area contributed by atoms with E-state index in [9.17, 15) is 4.79 Å². The second kappa shape index (κ2) is 4.77. The molecule has 0 unspecified atom stereocenters. The molecule has 0 atom stereocenters. The summed E-state index contributed by atoms with van der Waals surface area (Å²) in [6.07, 6.45) is 0.409. The van der Waals surface area contributed by atoms with Crippen molar-refractivity contribution in [3.8, 4) is 0 Å². The first-order valence-corrected chi connectivity index (χ1v) is 4.60. The minimum atomic E-state index is -0.183. The van der Waals surface area contributed by atoms with Gasteiger partial charge in [-0.25, -0.2) is 0 Å². The van der Waals surface area contributed by atoms with Gasteiger partial charge in [0.05, 0.1) is 13.5 Å². The molecule has 1 heterocycles. The monoisotopic (exact) mass is 185 g/mol. The Labute approximate surface area is 75.4 Å². The predicted molar refractivity (Wildman–Crippen MR) is 49.4 cm³/mol. The lowest BCUT2D eigenvalue weighted by Crippen LogP contribution is -2.08. The summed E-state index contributed by atoms with van der Waals surface area (Å²) in [5.74, 6) is -0.183. The van der Waals surface area contributed by atoms with Crippen molar-refractivity contribution >= 4 is 23.0 Å². The number of nitrogens with one attached hydrogen (secondary N) is 1. The highest BCUT2D eigenvalue weighted by Gasteiger charge is 1.98. The fraction of sp³-hybridized carbons (Fsp3) is 0.375. The molecule has 0 fully saturated rings. The summed E-state index contributed by atoms with van der Waals surface area (Å²) in [4.78, 5) is 10.7. The van der Waals surface area contributed by atoms with E-state index in [0.717, 1.165) is 5.69 Å². The highest BCUT2D eigenvalue weighted by atomic mass is 32.1. The third-order valence-electron chi connectivity index (χ3n) is 1.41. The van der Waals surface area contributed by atoms with Crippen LogP contribution in [-0.2, 0) is 9.53 Å². The maximum absolute atomic E-state index is 10.7. The molecule has 0 saturated heterocycles. The Kier molecular flexibility index (Phi) is 3.60. The summed E-state index contributed by atoms with van der Waals surface area (Å²) in [6, 6.07) is 1.97. The summed E-state index contributed by atoms with van der Waals surface area (Å²) in [7, 11) is 1.40. The number of hydrogen-bond donors (Lipinski definition) is 1. The molecule has 12 heavy (non-hydrogen) atoms. The van der Waals surface area contributed by atoms with Crippen LogP contribution >= 0.6 is 11.3 Å². The molecule has 0 aliphatic carbocycles. The first-order valence-electron chi connectivity index (χ1n) is 3.66. The fourth-order valence-electron chi connectivity index (χ4n) is 0.776. The molecule has 0 radical (unpaired) electrons. The topological polar surface area (TPSA) is 38.3 Å². The van der Waals surface area contributed by atoms with Gasteiger partial charge in [0.25, 0.3) is 0 Å². The van der Waals surface area contributed by atoms with Gasteiger partial charge in [-0.05, 0) is 11.4 Å². The molecule has 0 aliphatic heterocycles. The van der Waals surface area contributed by atoms with Gasteiger partial charge in [0.1, 0.15) is 0 Å². The van der Waals surface area contributed by atoms with E-state index < -0.39 is 0 Å². The van der Waals surface area contributed by atoms with Gasteiger partial charge >= 0.3 is 5.97 Å². The standard InChI is InChI=1S/C8H11NO2S/c1-11-8(10)2-4-9-7-3-5-12-6-7/h3,5-6,9H,2,4H2,1H3. The number of esters is 1. The van der Waals surface area contributed by atoms with Crippen molar-refractivity contribution < 1.29 is 9.53 Å². The van der Waals surface area contributed by atoms with Gasteiger partial charge in [-0.3, -0.25) is 4.79 Å². The summed E-state index contributed by atoms with van der Waals surface area (Å²) in [5, 5.41) is 7.08. The third kappa shape index (κ3) is 2.92. The Morgan fingerprint density at radius 2 is 2.58 bits per heavy atom. The van der Waals surface area contributed by atoms with Gasteiger partial charge < -0.3 is 10.1 Å². The van der Waals surface area contributed by atoms with Crippen LogP contribution in [0.1, 0.15) is 6.42 Å². The van der Waals surface area contributed by atoms with Gasteiger partial charge in [-0.15, -0.1) is 0 Å².